The number of nitrogens with one attached hydrogen (secondary N) is 2. The highest BCUT2D eigenvalue weighted by molar-refractivity contribution is 7.80. The lowest BCUT2D eigenvalue weighted by atomic mass is 10.1. The van der Waals surface area contributed by atoms with Crippen LogP contribution in [-0.4, -0.2) is 5.11 Å². The maximum Gasteiger partial charge on any atom is 0.175 e. The standard InChI is InChI=1S/C16H17FN2S/c1-10-4-7-14(17)15(8-10)19-16(20)18-13-6-5-11(2)12(3)9-13/h4-9H,1-3H3,(H2,18,19,20). The zero-order valence-electron chi connectivity index (χ0n) is 11.8. The molecule has 0 aliphatic rings. The van der Waals surface area contributed by atoms with Gasteiger partial charge in [-0.15, -0.1) is 0 Å². The summed E-state index contributed by atoms with van der Waals surface area (Å²) in [6.07, 6.45) is 0. The molecule has 0 atom stereocenters. The van der Waals surface area contributed by atoms with Gasteiger partial charge in [-0.3, -0.25) is 0 Å². The van der Waals surface area contributed by atoms with Crippen LogP contribution in [0.5, 0.6) is 0 Å². The van der Waals surface area contributed by atoms with Crippen LogP contribution in [-0.2, 0) is 0 Å². The molecule has 0 unspecified atom stereocenters. The zero-order chi connectivity index (χ0) is 14.7. The molecule has 0 heterocycles. The summed E-state index contributed by atoms with van der Waals surface area (Å²) in [4.78, 5) is 0. The Kier molecular flexibility index (Phi) is 4.35. The minimum absolute atomic E-state index is 0.320. The Morgan fingerprint density at radius 3 is 2.40 bits per heavy atom. The second kappa shape index (κ2) is 6.01. The fraction of sp³-hybridized carbons (Fsp3) is 0.188. The Balaban J connectivity index is 2.09. The largest absolute Gasteiger partial charge is 0.332 e. The number of aryl methyl sites for hydroxylation is 3. The Morgan fingerprint density at radius 2 is 1.70 bits per heavy atom. The Hall–Kier alpha value is -1.94. The van der Waals surface area contributed by atoms with Gasteiger partial charge in [0.2, 0.25) is 0 Å². The molecule has 0 amide bonds. The van der Waals surface area contributed by atoms with Crippen molar-refractivity contribution in [3.8, 4) is 0 Å². The van der Waals surface area contributed by atoms with Crippen LogP contribution in [0.25, 0.3) is 0 Å². The van der Waals surface area contributed by atoms with Crippen LogP contribution < -0.4 is 10.6 Å². The number of rotatable bonds is 2. The molecule has 104 valence electrons. The van der Waals surface area contributed by atoms with Crippen LogP contribution in [0.2, 0.25) is 0 Å². The van der Waals surface area contributed by atoms with Crippen LogP contribution in [0.15, 0.2) is 36.4 Å². The number of anilines is 2. The van der Waals surface area contributed by atoms with Gasteiger partial charge in [-0.25, -0.2) is 4.39 Å². The fourth-order valence-corrected chi connectivity index (χ4v) is 2.07. The average molecular weight is 288 g/mol. The number of hydrogen-bond acceptors (Lipinski definition) is 1. The van der Waals surface area contributed by atoms with Crippen molar-refractivity contribution >= 4 is 28.7 Å². The zero-order valence-corrected chi connectivity index (χ0v) is 12.6. The van der Waals surface area contributed by atoms with Crippen LogP contribution in [0.3, 0.4) is 0 Å². The molecule has 0 saturated carbocycles. The normalized spacial score (nSPS) is 10.2. The molecule has 2 nitrogen and oxygen atoms in total. The predicted octanol–water partition coefficient (Wildman–Crippen LogP) is 4.56. The van der Waals surface area contributed by atoms with Crippen molar-refractivity contribution in [3.05, 3.63) is 58.9 Å². The van der Waals surface area contributed by atoms with E-state index < -0.39 is 0 Å². The Bertz CT molecular complexity index is 653. The summed E-state index contributed by atoms with van der Waals surface area (Å²) in [6.45, 7) is 6.00. The third-order valence-corrected chi connectivity index (χ3v) is 3.34. The fourth-order valence-electron chi connectivity index (χ4n) is 1.84. The van der Waals surface area contributed by atoms with Gasteiger partial charge in [0.1, 0.15) is 5.82 Å². The molecular weight excluding hydrogens is 271 g/mol. The molecule has 0 aliphatic heterocycles. The van der Waals surface area contributed by atoms with Crippen LogP contribution in [0.4, 0.5) is 15.8 Å². The van der Waals surface area contributed by atoms with Gasteiger partial charge < -0.3 is 10.6 Å². The van der Waals surface area contributed by atoms with Crippen molar-refractivity contribution < 1.29 is 4.39 Å². The molecule has 2 N–H and O–H groups in total. The van der Waals surface area contributed by atoms with Crippen molar-refractivity contribution in [1.82, 2.24) is 0 Å². The van der Waals surface area contributed by atoms with Gasteiger partial charge in [0.15, 0.2) is 5.11 Å². The molecule has 0 spiro atoms. The maximum absolute atomic E-state index is 13.6. The van der Waals surface area contributed by atoms with Gasteiger partial charge in [0.05, 0.1) is 5.69 Å². The van der Waals surface area contributed by atoms with Crippen molar-refractivity contribution in [1.29, 1.82) is 0 Å². The summed E-state index contributed by atoms with van der Waals surface area (Å²) in [5.41, 5.74) is 4.64. The first kappa shape index (κ1) is 14.5. The Labute approximate surface area is 124 Å². The smallest absolute Gasteiger partial charge is 0.175 e. The average Bonchev–Trinajstić information content (AvgIpc) is 2.38. The summed E-state index contributed by atoms with van der Waals surface area (Å²) in [6, 6.07) is 10.9. The van der Waals surface area contributed by atoms with Gasteiger partial charge in [0, 0.05) is 5.69 Å². The molecule has 0 radical (unpaired) electrons. The van der Waals surface area contributed by atoms with Gasteiger partial charge >= 0.3 is 0 Å². The predicted molar refractivity (Wildman–Crippen MR) is 86.9 cm³/mol. The van der Waals surface area contributed by atoms with Crippen LogP contribution >= 0.6 is 12.2 Å². The topological polar surface area (TPSA) is 24.1 Å². The van der Waals surface area contributed by atoms with Gasteiger partial charge in [-0.1, -0.05) is 12.1 Å². The van der Waals surface area contributed by atoms with Crippen LogP contribution in [0.1, 0.15) is 16.7 Å². The first-order valence-electron chi connectivity index (χ1n) is 6.37. The lowest BCUT2D eigenvalue weighted by molar-refractivity contribution is 0.632. The number of hydrogen-bond donors (Lipinski definition) is 2. The molecule has 4 heteroatoms. The molecule has 2 rings (SSSR count). The molecule has 0 bridgehead atoms. The highest BCUT2D eigenvalue weighted by Crippen LogP contribution is 2.17. The molecule has 2 aromatic rings. The van der Waals surface area contributed by atoms with Crippen molar-refractivity contribution in [2.45, 2.75) is 20.8 Å². The van der Waals surface area contributed by atoms with Crippen LogP contribution in [0, 0.1) is 26.6 Å². The highest BCUT2D eigenvalue weighted by Gasteiger charge is 2.05. The highest BCUT2D eigenvalue weighted by atomic mass is 32.1. The summed E-state index contributed by atoms with van der Waals surface area (Å²) in [7, 11) is 0. The van der Waals surface area contributed by atoms with Crippen molar-refractivity contribution in [3.63, 3.8) is 0 Å². The van der Waals surface area contributed by atoms with Gasteiger partial charge in [-0.05, 0) is 73.9 Å². The maximum atomic E-state index is 13.6. The van der Waals surface area contributed by atoms with E-state index in [1.807, 2.05) is 32.0 Å². The van der Waals surface area contributed by atoms with E-state index in [1.165, 1.54) is 17.2 Å². The van der Waals surface area contributed by atoms with E-state index in [0.29, 0.717) is 10.8 Å². The van der Waals surface area contributed by atoms with E-state index in [0.717, 1.165) is 11.3 Å². The SMILES string of the molecule is Cc1ccc(F)c(NC(=S)Nc2ccc(C)c(C)c2)c1. The molecular formula is C16H17FN2S. The second-order valence-corrected chi connectivity index (χ2v) is 5.27. The number of benzene rings is 2. The molecule has 0 aromatic heterocycles. The minimum atomic E-state index is -0.320. The molecule has 2 aromatic carbocycles. The quantitative estimate of drug-likeness (QED) is 0.792. The Morgan fingerprint density at radius 1 is 0.950 bits per heavy atom. The van der Waals surface area contributed by atoms with E-state index >= 15 is 0 Å². The molecule has 0 aliphatic carbocycles. The van der Waals surface area contributed by atoms with E-state index in [4.69, 9.17) is 12.2 Å². The summed E-state index contributed by atoms with van der Waals surface area (Å²) in [5, 5.41) is 6.31. The molecule has 0 saturated heterocycles. The van der Waals surface area contributed by atoms with Crippen molar-refractivity contribution in [2.24, 2.45) is 0 Å². The monoisotopic (exact) mass is 288 g/mol. The van der Waals surface area contributed by atoms with E-state index in [9.17, 15) is 4.39 Å². The number of thiocarbonyl (C=S) groups is 1. The van der Waals surface area contributed by atoms with Gasteiger partial charge in [0.25, 0.3) is 0 Å². The van der Waals surface area contributed by atoms with Gasteiger partial charge in [-0.2, -0.15) is 0 Å². The summed E-state index contributed by atoms with van der Waals surface area (Å²) in [5.74, 6) is -0.320. The minimum Gasteiger partial charge on any atom is -0.332 e. The summed E-state index contributed by atoms with van der Waals surface area (Å²) < 4.78 is 13.6. The first-order chi connectivity index (χ1) is 9.45. The number of halogens is 1. The molecule has 0 fully saturated rings. The first-order valence-corrected chi connectivity index (χ1v) is 6.78. The molecule has 20 heavy (non-hydrogen) atoms. The van der Waals surface area contributed by atoms with Crippen molar-refractivity contribution in [2.75, 3.05) is 10.6 Å². The third kappa shape index (κ3) is 3.54. The van der Waals surface area contributed by atoms with E-state index in [1.54, 1.807) is 12.1 Å². The summed E-state index contributed by atoms with van der Waals surface area (Å²) >= 11 is 5.21. The third-order valence-electron chi connectivity index (χ3n) is 3.13. The van der Waals surface area contributed by atoms with E-state index in [2.05, 4.69) is 17.6 Å². The second-order valence-electron chi connectivity index (χ2n) is 4.86. The lowest BCUT2D eigenvalue weighted by Crippen LogP contribution is -2.20. The van der Waals surface area contributed by atoms with E-state index in [-0.39, 0.29) is 5.82 Å². The lowest BCUT2D eigenvalue weighted by Gasteiger charge is -2.12.